The Kier molecular flexibility index (Phi) is 1.07. The lowest BCUT2D eigenvalue weighted by atomic mass is 9.94. The molecule has 1 nitrogen and oxygen atoms in total. The summed E-state index contributed by atoms with van der Waals surface area (Å²) < 4.78 is 0. The highest BCUT2D eigenvalue weighted by molar-refractivity contribution is 5.35. The lowest BCUT2D eigenvalue weighted by Crippen LogP contribution is -2.23. The van der Waals surface area contributed by atoms with E-state index >= 15 is 0 Å². The van der Waals surface area contributed by atoms with Crippen molar-refractivity contribution in [1.29, 1.82) is 0 Å². The van der Waals surface area contributed by atoms with Crippen LogP contribution in [0.3, 0.4) is 0 Å². The molecule has 1 N–H and O–H groups in total. The molecule has 1 heteroatoms. The minimum Gasteiger partial charge on any atom is -0.385 e. The van der Waals surface area contributed by atoms with Crippen molar-refractivity contribution < 1.29 is 5.11 Å². The highest BCUT2D eigenvalue weighted by atomic mass is 16.3. The minimum atomic E-state index is -0.480. The molecule has 10 heavy (non-hydrogen) atoms. The quantitative estimate of drug-likeness (QED) is 0.581. The van der Waals surface area contributed by atoms with E-state index in [1.54, 1.807) is 6.08 Å². The van der Waals surface area contributed by atoms with E-state index in [0.717, 1.165) is 24.8 Å². The molecule has 0 aromatic rings. The number of hydrogen-bond donors (Lipinski definition) is 1. The molecule has 0 unspecified atom stereocenters. The number of allylic oxidation sites excluding steroid dienone is 1. The van der Waals surface area contributed by atoms with E-state index < -0.39 is 5.60 Å². The van der Waals surface area contributed by atoms with Crippen molar-refractivity contribution in [3.8, 4) is 0 Å². The largest absolute Gasteiger partial charge is 0.385 e. The molecular weight excluding hydrogens is 124 g/mol. The van der Waals surface area contributed by atoms with Gasteiger partial charge in [-0.15, -0.1) is 0 Å². The van der Waals surface area contributed by atoms with Crippen LogP contribution < -0.4 is 0 Å². The van der Waals surface area contributed by atoms with Crippen LogP contribution in [0.4, 0.5) is 0 Å². The molecule has 0 radical (unpaired) electrons. The number of hydrogen-bond acceptors (Lipinski definition) is 1. The van der Waals surface area contributed by atoms with Crippen molar-refractivity contribution in [3.63, 3.8) is 0 Å². The van der Waals surface area contributed by atoms with E-state index in [1.807, 2.05) is 0 Å². The van der Waals surface area contributed by atoms with Crippen molar-refractivity contribution in [2.75, 3.05) is 0 Å². The second-order valence-electron chi connectivity index (χ2n) is 3.36. The van der Waals surface area contributed by atoms with Crippen molar-refractivity contribution >= 4 is 0 Å². The average Bonchev–Trinajstić information content (AvgIpc) is 2.41. The van der Waals surface area contributed by atoms with E-state index in [4.69, 9.17) is 0 Å². The Morgan fingerprint density at radius 3 is 2.90 bits per heavy atom. The van der Waals surface area contributed by atoms with Gasteiger partial charge in [0.2, 0.25) is 0 Å². The van der Waals surface area contributed by atoms with Gasteiger partial charge in [-0.05, 0) is 30.8 Å². The van der Waals surface area contributed by atoms with Crippen LogP contribution in [0, 0.1) is 5.92 Å². The Morgan fingerprint density at radius 2 is 2.60 bits per heavy atom. The van der Waals surface area contributed by atoms with Gasteiger partial charge in [0, 0.05) is 0 Å². The predicted octanol–water partition coefficient (Wildman–Crippen LogP) is 1.64. The first-order valence-electron chi connectivity index (χ1n) is 3.82. The van der Waals surface area contributed by atoms with Gasteiger partial charge in [0.15, 0.2) is 0 Å². The fourth-order valence-corrected chi connectivity index (χ4v) is 2.13. The number of fused-ring (bicyclic) bond motifs is 2. The summed E-state index contributed by atoms with van der Waals surface area (Å²) in [6, 6.07) is 0. The first-order chi connectivity index (χ1) is 4.74. The summed E-state index contributed by atoms with van der Waals surface area (Å²) in [7, 11) is 0. The van der Waals surface area contributed by atoms with Crippen LogP contribution in [0.5, 0.6) is 0 Å². The van der Waals surface area contributed by atoms with Crippen LogP contribution in [-0.2, 0) is 0 Å². The van der Waals surface area contributed by atoms with Gasteiger partial charge in [-0.1, -0.05) is 18.7 Å². The van der Waals surface area contributed by atoms with Crippen LogP contribution in [-0.4, -0.2) is 10.7 Å². The molecule has 2 aliphatic rings. The Morgan fingerprint density at radius 1 is 1.80 bits per heavy atom. The first-order valence-corrected chi connectivity index (χ1v) is 3.82. The zero-order chi connectivity index (χ0) is 7.19. The lowest BCUT2D eigenvalue weighted by molar-refractivity contribution is 0.0940. The molecule has 0 aromatic carbocycles. The molecule has 54 valence electrons. The van der Waals surface area contributed by atoms with Crippen molar-refractivity contribution in [2.24, 2.45) is 5.92 Å². The van der Waals surface area contributed by atoms with Crippen LogP contribution in [0.25, 0.3) is 0 Å². The fraction of sp³-hybridized carbons (Fsp3) is 0.556. The van der Waals surface area contributed by atoms with Gasteiger partial charge < -0.3 is 5.11 Å². The normalized spacial score (nSPS) is 43.7. The van der Waals surface area contributed by atoms with Gasteiger partial charge in [0.05, 0.1) is 5.60 Å². The molecule has 2 bridgehead atoms. The van der Waals surface area contributed by atoms with Gasteiger partial charge in [-0.2, -0.15) is 0 Å². The molecule has 2 aliphatic carbocycles. The SMILES string of the molecule is C=CC1=C[C@H]2CC[C@]1(O)C2. The van der Waals surface area contributed by atoms with E-state index in [9.17, 15) is 5.11 Å². The van der Waals surface area contributed by atoms with Crippen molar-refractivity contribution in [1.82, 2.24) is 0 Å². The van der Waals surface area contributed by atoms with E-state index in [0.29, 0.717) is 5.92 Å². The van der Waals surface area contributed by atoms with Gasteiger partial charge in [-0.25, -0.2) is 0 Å². The maximum Gasteiger partial charge on any atom is 0.0899 e. The number of rotatable bonds is 1. The molecule has 0 aliphatic heterocycles. The molecule has 1 fully saturated rings. The van der Waals surface area contributed by atoms with Crippen LogP contribution in [0.15, 0.2) is 24.3 Å². The van der Waals surface area contributed by atoms with Gasteiger partial charge in [0.1, 0.15) is 0 Å². The summed E-state index contributed by atoms with van der Waals surface area (Å²) >= 11 is 0. The molecule has 0 spiro atoms. The monoisotopic (exact) mass is 136 g/mol. The molecule has 1 saturated carbocycles. The zero-order valence-electron chi connectivity index (χ0n) is 6.01. The zero-order valence-corrected chi connectivity index (χ0v) is 6.01. The summed E-state index contributed by atoms with van der Waals surface area (Å²) in [6.45, 7) is 3.68. The molecule has 0 heterocycles. The summed E-state index contributed by atoms with van der Waals surface area (Å²) in [6.07, 6.45) is 6.99. The van der Waals surface area contributed by atoms with Crippen molar-refractivity contribution in [3.05, 3.63) is 24.3 Å². The molecular formula is C9H12O. The Labute approximate surface area is 61.1 Å². The van der Waals surface area contributed by atoms with Crippen molar-refractivity contribution in [2.45, 2.75) is 24.9 Å². The second-order valence-corrected chi connectivity index (χ2v) is 3.36. The van der Waals surface area contributed by atoms with Crippen LogP contribution >= 0.6 is 0 Å². The Balaban J connectivity index is 2.37. The molecule has 2 rings (SSSR count). The number of aliphatic hydroxyl groups is 1. The fourth-order valence-electron chi connectivity index (χ4n) is 2.13. The second kappa shape index (κ2) is 1.73. The van der Waals surface area contributed by atoms with E-state index in [-0.39, 0.29) is 0 Å². The van der Waals surface area contributed by atoms with Crippen LogP contribution in [0.2, 0.25) is 0 Å². The third-order valence-corrected chi connectivity index (χ3v) is 2.70. The Hall–Kier alpha value is -0.560. The Bertz CT molecular complexity index is 205. The topological polar surface area (TPSA) is 20.2 Å². The maximum absolute atomic E-state index is 9.86. The van der Waals surface area contributed by atoms with Gasteiger partial charge in [-0.3, -0.25) is 0 Å². The summed E-state index contributed by atoms with van der Waals surface area (Å²) in [5.74, 6) is 0.637. The molecule has 2 atom stereocenters. The molecule has 0 saturated heterocycles. The van der Waals surface area contributed by atoms with E-state index in [2.05, 4.69) is 12.7 Å². The highest BCUT2D eigenvalue weighted by Gasteiger charge is 2.43. The summed E-state index contributed by atoms with van der Waals surface area (Å²) in [4.78, 5) is 0. The summed E-state index contributed by atoms with van der Waals surface area (Å²) in [5, 5.41) is 9.86. The highest BCUT2D eigenvalue weighted by Crippen LogP contribution is 2.47. The van der Waals surface area contributed by atoms with Crippen LogP contribution in [0.1, 0.15) is 19.3 Å². The lowest BCUT2D eigenvalue weighted by Gasteiger charge is -2.20. The minimum absolute atomic E-state index is 0.480. The average molecular weight is 136 g/mol. The predicted molar refractivity (Wildman–Crippen MR) is 40.6 cm³/mol. The molecule has 0 aromatic heterocycles. The third-order valence-electron chi connectivity index (χ3n) is 2.70. The van der Waals surface area contributed by atoms with Gasteiger partial charge in [0.25, 0.3) is 0 Å². The summed E-state index contributed by atoms with van der Waals surface area (Å²) in [5.41, 5.74) is 0.579. The van der Waals surface area contributed by atoms with Gasteiger partial charge >= 0.3 is 0 Å². The van der Waals surface area contributed by atoms with E-state index in [1.165, 1.54) is 0 Å². The first kappa shape index (κ1) is 6.17. The standard InChI is InChI=1S/C9H12O/c1-2-8-5-7-3-4-9(8,10)6-7/h2,5,7,10H,1,3-4,6H2/t7-,9+/m1/s1. The third kappa shape index (κ3) is 0.613. The molecule has 0 amide bonds. The smallest absolute Gasteiger partial charge is 0.0899 e. The maximum atomic E-state index is 9.86.